The van der Waals surface area contributed by atoms with Gasteiger partial charge < -0.3 is 4.57 Å². The maximum Gasteiger partial charge on any atom is 0.240 e. The number of nitrogens with one attached hydrogen (secondary N) is 1. The molecule has 1 N–H and O–H groups in total. The summed E-state index contributed by atoms with van der Waals surface area (Å²) in [4.78, 5) is 4.70. The standard InChI is InChI=1S/C21H25N3O2S/c1-4-16(17-8-6-5-7-9-17)12-18-10-11-19(27(25,26)22-2)13-20(18)21-14-24(3)15-23-21/h5-11,13-16,22H,4,12H2,1-3H3/t16-/m0/s1. The van der Waals surface area contributed by atoms with Crippen molar-refractivity contribution in [2.24, 2.45) is 7.05 Å². The van der Waals surface area contributed by atoms with Gasteiger partial charge in [0.2, 0.25) is 10.0 Å². The lowest BCUT2D eigenvalue weighted by Gasteiger charge is -2.18. The van der Waals surface area contributed by atoms with Crippen molar-refractivity contribution in [3.8, 4) is 11.3 Å². The number of sulfonamides is 1. The quantitative estimate of drug-likeness (QED) is 0.676. The number of hydrogen-bond donors (Lipinski definition) is 1. The van der Waals surface area contributed by atoms with Gasteiger partial charge in [0.05, 0.1) is 16.9 Å². The van der Waals surface area contributed by atoms with Crippen molar-refractivity contribution in [3.63, 3.8) is 0 Å². The van der Waals surface area contributed by atoms with Crippen molar-refractivity contribution < 1.29 is 8.42 Å². The van der Waals surface area contributed by atoms with E-state index in [9.17, 15) is 8.42 Å². The Kier molecular flexibility index (Phi) is 5.77. The van der Waals surface area contributed by atoms with Crippen molar-refractivity contribution in [1.29, 1.82) is 0 Å². The molecule has 0 spiro atoms. The topological polar surface area (TPSA) is 64.0 Å². The fraction of sp³-hybridized carbons (Fsp3) is 0.286. The van der Waals surface area contributed by atoms with Gasteiger partial charge in [0, 0.05) is 18.8 Å². The molecule has 1 atom stereocenters. The Morgan fingerprint density at radius 2 is 1.89 bits per heavy atom. The smallest absolute Gasteiger partial charge is 0.240 e. The Hall–Kier alpha value is -2.44. The van der Waals surface area contributed by atoms with E-state index in [1.54, 1.807) is 18.5 Å². The third kappa shape index (κ3) is 4.28. The SMILES string of the molecule is CC[C@@H](Cc1ccc(S(=O)(=O)NC)cc1-c1cn(C)cn1)c1ccccc1. The molecule has 2 aromatic carbocycles. The molecule has 5 nitrogen and oxygen atoms in total. The second kappa shape index (κ2) is 8.06. The largest absolute Gasteiger partial charge is 0.340 e. The van der Waals surface area contributed by atoms with Crippen LogP contribution in [0, 0.1) is 0 Å². The van der Waals surface area contributed by atoms with Crippen LogP contribution in [0.2, 0.25) is 0 Å². The van der Waals surface area contributed by atoms with Gasteiger partial charge in [-0.1, -0.05) is 43.3 Å². The molecule has 0 unspecified atom stereocenters. The number of aromatic nitrogens is 2. The van der Waals surface area contributed by atoms with Crippen LogP contribution in [-0.4, -0.2) is 25.0 Å². The molecule has 3 rings (SSSR count). The lowest BCUT2D eigenvalue weighted by atomic mass is 9.88. The molecule has 0 radical (unpaired) electrons. The van der Waals surface area contributed by atoms with Gasteiger partial charge in [-0.05, 0) is 49.1 Å². The zero-order valence-electron chi connectivity index (χ0n) is 15.9. The Bertz CT molecular complexity index is 1010. The molecule has 1 aromatic heterocycles. The van der Waals surface area contributed by atoms with Gasteiger partial charge >= 0.3 is 0 Å². The molecule has 1 heterocycles. The zero-order valence-corrected chi connectivity index (χ0v) is 16.7. The van der Waals surface area contributed by atoms with Gasteiger partial charge in [-0.2, -0.15) is 0 Å². The van der Waals surface area contributed by atoms with Crippen LogP contribution in [0.15, 0.2) is 66.0 Å². The normalized spacial score (nSPS) is 12.9. The molecule has 0 aliphatic rings. The highest BCUT2D eigenvalue weighted by molar-refractivity contribution is 7.89. The molecule has 0 saturated carbocycles. The number of hydrogen-bond acceptors (Lipinski definition) is 3. The fourth-order valence-corrected chi connectivity index (χ4v) is 4.05. The first kappa shape index (κ1) is 19.3. The fourth-order valence-electron chi connectivity index (χ4n) is 3.30. The molecule has 0 amide bonds. The lowest BCUT2D eigenvalue weighted by Crippen LogP contribution is -2.18. The third-order valence-electron chi connectivity index (χ3n) is 4.87. The summed E-state index contributed by atoms with van der Waals surface area (Å²) >= 11 is 0. The average Bonchev–Trinajstić information content (AvgIpc) is 3.13. The van der Waals surface area contributed by atoms with E-state index < -0.39 is 10.0 Å². The minimum Gasteiger partial charge on any atom is -0.340 e. The third-order valence-corrected chi connectivity index (χ3v) is 6.28. The van der Waals surface area contributed by atoms with E-state index in [0.717, 1.165) is 29.7 Å². The van der Waals surface area contributed by atoms with Crippen LogP contribution in [0.5, 0.6) is 0 Å². The van der Waals surface area contributed by atoms with Crippen LogP contribution in [-0.2, 0) is 23.5 Å². The first-order chi connectivity index (χ1) is 12.9. The Morgan fingerprint density at radius 1 is 1.15 bits per heavy atom. The second-order valence-electron chi connectivity index (χ2n) is 6.67. The summed E-state index contributed by atoms with van der Waals surface area (Å²) in [5, 5.41) is 0. The number of nitrogens with zero attached hydrogens (tertiary/aromatic N) is 2. The molecule has 0 fully saturated rings. The lowest BCUT2D eigenvalue weighted by molar-refractivity contribution is 0.588. The maximum atomic E-state index is 12.3. The highest BCUT2D eigenvalue weighted by Gasteiger charge is 2.19. The van der Waals surface area contributed by atoms with E-state index in [4.69, 9.17) is 0 Å². The minimum atomic E-state index is -3.51. The van der Waals surface area contributed by atoms with E-state index in [-0.39, 0.29) is 4.90 Å². The van der Waals surface area contributed by atoms with Crippen molar-refractivity contribution >= 4 is 10.0 Å². The van der Waals surface area contributed by atoms with Crippen molar-refractivity contribution in [2.75, 3.05) is 7.05 Å². The van der Waals surface area contributed by atoms with Gasteiger partial charge in [-0.3, -0.25) is 0 Å². The Balaban J connectivity index is 2.06. The number of rotatable bonds is 7. The van der Waals surface area contributed by atoms with Crippen molar-refractivity contribution in [1.82, 2.24) is 14.3 Å². The summed E-state index contributed by atoms with van der Waals surface area (Å²) < 4.78 is 28.8. The first-order valence-corrected chi connectivity index (χ1v) is 10.5. The summed E-state index contributed by atoms with van der Waals surface area (Å²) in [7, 11) is -0.181. The van der Waals surface area contributed by atoms with Crippen LogP contribution in [0.1, 0.15) is 30.4 Å². The van der Waals surface area contributed by atoms with Crippen LogP contribution < -0.4 is 4.72 Å². The molecule has 3 aromatic rings. The predicted molar refractivity (Wildman–Crippen MR) is 108 cm³/mol. The summed E-state index contributed by atoms with van der Waals surface area (Å²) in [6.45, 7) is 2.18. The number of benzene rings is 2. The predicted octanol–water partition coefficient (Wildman–Crippen LogP) is 3.73. The first-order valence-electron chi connectivity index (χ1n) is 9.04. The van der Waals surface area contributed by atoms with E-state index >= 15 is 0 Å². The van der Waals surface area contributed by atoms with E-state index in [0.29, 0.717) is 5.92 Å². The van der Waals surface area contributed by atoms with Crippen LogP contribution in [0.3, 0.4) is 0 Å². The molecule has 0 aliphatic carbocycles. The molecular weight excluding hydrogens is 358 g/mol. The molecule has 142 valence electrons. The maximum absolute atomic E-state index is 12.3. The molecule has 0 aliphatic heterocycles. The molecular formula is C21H25N3O2S. The minimum absolute atomic E-state index is 0.252. The van der Waals surface area contributed by atoms with Crippen molar-refractivity contribution in [2.45, 2.75) is 30.6 Å². The monoisotopic (exact) mass is 383 g/mol. The second-order valence-corrected chi connectivity index (χ2v) is 8.56. The summed E-state index contributed by atoms with van der Waals surface area (Å²) in [6.07, 6.45) is 5.47. The zero-order chi connectivity index (χ0) is 19.4. The van der Waals surface area contributed by atoms with Crippen LogP contribution in [0.4, 0.5) is 0 Å². The Morgan fingerprint density at radius 3 is 2.48 bits per heavy atom. The van der Waals surface area contributed by atoms with Crippen molar-refractivity contribution in [3.05, 3.63) is 72.2 Å². The molecule has 0 bridgehead atoms. The van der Waals surface area contributed by atoms with E-state index in [2.05, 4.69) is 40.9 Å². The summed E-state index contributed by atoms with van der Waals surface area (Å²) in [5.74, 6) is 0.361. The highest BCUT2D eigenvalue weighted by Crippen LogP contribution is 2.31. The van der Waals surface area contributed by atoms with Crippen LogP contribution in [0.25, 0.3) is 11.3 Å². The van der Waals surface area contributed by atoms with E-state index in [1.165, 1.54) is 12.6 Å². The van der Waals surface area contributed by atoms with Gasteiger partial charge in [0.25, 0.3) is 0 Å². The van der Waals surface area contributed by atoms with Gasteiger partial charge in [-0.25, -0.2) is 18.1 Å². The van der Waals surface area contributed by atoms with Gasteiger partial charge in [0.15, 0.2) is 0 Å². The number of aryl methyl sites for hydroxylation is 1. The Labute approximate surface area is 161 Å². The van der Waals surface area contributed by atoms with Crippen LogP contribution >= 0.6 is 0 Å². The highest BCUT2D eigenvalue weighted by atomic mass is 32.2. The molecule has 27 heavy (non-hydrogen) atoms. The van der Waals surface area contributed by atoms with Gasteiger partial charge in [-0.15, -0.1) is 0 Å². The molecule has 0 saturated heterocycles. The summed E-state index contributed by atoms with van der Waals surface area (Å²) in [5.41, 5.74) is 4.03. The van der Waals surface area contributed by atoms with Gasteiger partial charge in [0.1, 0.15) is 0 Å². The number of imidazole rings is 1. The van der Waals surface area contributed by atoms with E-state index in [1.807, 2.05) is 29.9 Å². The molecule has 6 heteroatoms. The summed E-state index contributed by atoms with van der Waals surface area (Å²) in [6, 6.07) is 15.7. The average molecular weight is 384 g/mol.